The predicted molar refractivity (Wildman–Crippen MR) is 273 cm³/mol. The first-order valence-electron chi connectivity index (χ1n) is 27.8. The lowest BCUT2D eigenvalue weighted by atomic mass is 9.99. The van der Waals surface area contributed by atoms with E-state index >= 15 is 0 Å². The van der Waals surface area contributed by atoms with E-state index in [1.54, 1.807) is 6.08 Å². The smallest absolute Gasteiger partial charge is 0.249 e. The third-order valence-corrected chi connectivity index (χ3v) is 13.3. The molecule has 0 radical (unpaired) electrons. The number of hydrogen-bond acceptors (Lipinski definition) is 9. The summed E-state index contributed by atoms with van der Waals surface area (Å²) in [6, 6.07) is -0.997. The van der Waals surface area contributed by atoms with Crippen molar-refractivity contribution < 1.29 is 44.9 Å². The lowest BCUT2D eigenvalue weighted by Crippen LogP contribution is -2.60. The Morgan fingerprint density at radius 1 is 0.515 bits per heavy atom. The second-order valence-electron chi connectivity index (χ2n) is 19.5. The molecule has 66 heavy (non-hydrogen) atoms. The summed E-state index contributed by atoms with van der Waals surface area (Å²) in [5.41, 5.74) is 0. The fraction of sp³-hybridized carbons (Fsp3) is 0.875. The summed E-state index contributed by atoms with van der Waals surface area (Å²) < 4.78 is 11.2. The summed E-state index contributed by atoms with van der Waals surface area (Å²) in [7, 11) is 0. The van der Waals surface area contributed by atoms with Gasteiger partial charge in [-0.25, -0.2) is 0 Å². The Bertz CT molecular complexity index is 1150. The largest absolute Gasteiger partial charge is 0.394 e. The molecular formula is C56H105NO9. The van der Waals surface area contributed by atoms with E-state index in [0.717, 1.165) is 32.1 Å². The number of unbranched alkanes of at least 4 members (excludes halogenated alkanes) is 32. The van der Waals surface area contributed by atoms with Crippen LogP contribution in [0.25, 0.3) is 0 Å². The number of aliphatic hydroxyl groups is 6. The molecule has 1 saturated heterocycles. The molecule has 1 fully saturated rings. The van der Waals surface area contributed by atoms with Gasteiger partial charge in [-0.05, 0) is 57.8 Å². The lowest BCUT2D eigenvalue weighted by molar-refractivity contribution is -0.302. The Labute approximate surface area is 404 Å². The van der Waals surface area contributed by atoms with E-state index in [9.17, 15) is 35.4 Å². The molecule has 0 bridgehead atoms. The molecule has 1 rings (SSSR count). The molecule has 0 saturated carbocycles. The second-order valence-corrected chi connectivity index (χ2v) is 19.5. The highest BCUT2D eigenvalue weighted by molar-refractivity contribution is 5.80. The zero-order chi connectivity index (χ0) is 48.1. The Kier molecular flexibility index (Phi) is 43.3. The SMILES string of the molecule is CCCCCCCCCCC/C=C/CC/C=C/C(O)C(COC1OC(CO)C(O)C(O)C1O)NC(=O)C(O)CCCCCCCCCCCC/C=C\CCCCCCCCCCCCCC. The molecule has 10 nitrogen and oxygen atoms in total. The van der Waals surface area contributed by atoms with Gasteiger partial charge in [-0.2, -0.15) is 0 Å². The van der Waals surface area contributed by atoms with Crippen LogP contribution in [0.3, 0.4) is 0 Å². The van der Waals surface area contributed by atoms with Crippen molar-refractivity contribution in [1.29, 1.82) is 0 Å². The van der Waals surface area contributed by atoms with Crippen LogP contribution in [0, 0.1) is 0 Å². The third-order valence-electron chi connectivity index (χ3n) is 13.3. The highest BCUT2D eigenvalue weighted by atomic mass is 16.7. The molecule has 0 aliphatic carbocycles. The number of ether oxygens (including phenoxy) is 2. The van der Waals surface area contributed by atoms with Crippen molar-refractivity contribution in [3.8, 4) is 0 Å². The minimum Gasteiger partial charge on any atom is -0.394 e. The summed E-state index contributed by atoms with van der Waals surface area (Å²) in [6.07, 6.45) is 48.2. The van der Waals surface area contributed by atoms with Gasteiger partial charge in [-0.3, -0.25) is 4.79 Å². The third kappa shape index (κ3) is 34.6. The lowest BCUT2D eigenvalue weighted by Gasteiger charge is -2.40. The number of hydrogen-bond donors (Lipinski definition) is 7. The maximum Gasteiger partial charge on any atom is 0.249 e. The average Bonchev–Trinajstić information content (AvgIpc) is 3.32. The van der Waals surface area contributed by atoms with Crippen LogP contribution in [-0.2, 0) is 14.3 Å². The van der Waals surface area contributed by atoms with Crippen molar-refractivity contribution in [2.45, 2.75) is 300 Å². The first kappa shape index (κ1) is 62.4. The first-order chi connectivity index (χ1) is 32.3. The molecule has 388 valence electrons. The van der Waals surface area contributed by atoms with Crippen molar-refractivity contribution in [1.82, 2.24) is 5.32 Å². The van der Waals surface area contributed by atoms with Crippen molar-refractivity contribution in [2.24, 2.45) is 0 Å². The number of carbonyl (C=O) groups excluding carboxylic acids is 1. The highest BCUT2D eigenvalue weighted by Gasteiger charge is 2.44. The molecule has 7 N–H and O–H groups in total. The van der Waals surface area contributed by atoms with Crippen LogP contribution in [-0.4, -0.2) is 98.7 Å². The topological polar surface area (TPSA) is 169 Å². The van der Waals surface area contributed by atoms with E-state index in [1.807, 2.05) is 6.08 Å². The quantitative estimate of drug-likeness (QED) is 0.0232. The molecule has 8 atom stereocenters. The maximum atomic E-state index is 13.1. The van der Waals surface area contributed by atoms with Gasteiger partial charge >= 0.3 is 0 Å². The summed E-state index contributed by atoms with van der Waals surface area (Å²) in [4.78, 5) is 13.1. The van der Waals surface area contributed by atoms with E-state index in [-0.39, 0.29) is 6.61 Å². The van der Waals surface area contributed by atoms with Gasteiger partial charge in [0.2, 0.25) is 5.91 Å². The van der Waals surface area contributed by atoms with Gasteiger partial charge in [0.1, 0.15) is 30.5 Å². The number of rotatable bonds is 47. The van der Waals surface area contributed by atoms with Gasteiger partial charge in [0.25, 0.3) is 0 Å². The molecule has 0 aromatic heterocycles. The Hall–Kier alpha value is -1.63. The number of amides is 1. The van der Waals surface area contributed by atoms with Crippen LogP contribution in [0.1, 0.15) is 251 Å². The summed E-state index contributed by atoms with van der Waals surface area (Å²) in [5, 5.41) is 64.9. The zero-order valence-corrected chi connectivity index (χ0v) is 42.6. The van der Waals surface area contributed by atoms with Crippen LogP contribution >= 0.6 is 0 Å². The van der Waals surface area contributed by atoms with Crippen molar-refractivity contribution in [2.75, 3.05) is 13.2 Å². The number of carbonyl (C=O) groups is 1. The van der Waals surface area contributed by atoms with Crippen molar-refractivity contribution >= 4 is 5.91 Å². The van der Waals surface area contributed by atoms with E-state index in [2.05, 4.69) is 43.5 Å². The van der Waals surface area contributed by atoms with E-state index in [4.69, 9.17) is 9.47 Å². The number of aliphatic hydroxyl groups excluding tert-OH is 6. The maximum absolute atomic E-state index is 13.1. The molecule has 8 unspecified atom stereocenters. The normalized spacial score (nSPS) is 20.5. The van der Waals surface area contributed by atoms with Crippen LogP contribution in [0.5, 0.6) is 0 Å². The fourth-order valence-corrected chi connectivity index (χ4v) is 8.76. The molecule has 10 heteroatoms. The van der Waals surface area contributed by atoms with Crippen LogP contribution < -0.4 is 5.32 Å². The molecule has 0 spiro atoms. The highest BCUT2D eigenvalue weighted by Crippen LogP contribution is 2.23. The first-order valence-corrected chi connectivity index (χ1v) is 27.8. The van der Waals surface area contributed by atoms with E-state index < -0.39 is 61.5 Å². The minimum atomic E-state index is -1.62. The summed E-state index contributed by atoms with van der Waals surface area (Å²) in [6.45, 7) is 3.61. The van der Waals surface area contributed by atoms with Crippen LogP contribution in [0.4, 0.5) is 0 Å². The summed E-state index contributed by atoms with van der Waals surface area (Å²) >= 11 is 0. The Morgan fingerprint density at radius 2 is 0.894 bits per heavy atom. The number of nitrogens with one attached hydrogen (secondary N) is 1. The minimum absolute atomic E-state index is 0.303. The number of allylic oxidation sites excluding steroid dienone is 5. The molecule has 1 amide bonds. The van der Waals surface area contributed by atoms with E-state index in [0.29, 0.717) is 19.3 Å². The van der Waals surface area contributed by atoms with Crippen molar-refractivity contribution in [3.63, 3.8) is 0 Å². The van der Waals surface area contributed by atoms with Gasteiger partial charge in [-0.1, -0.05) is 230 Å². The van der Waals surface area contributed by atoms with Crippen LogP contribution in [0.2, 0.25) is 0 Å². The Morgan fingerprint density at radius 3 is 1.32 bits per heavy atom. The van der Waals surface area contributed by atoms with Gasteiger partial charge < -0.3 is 45.4 Å². The predicted octanol–water partition coefficient (Wildman–Crippen LogP) is 12.2. The molecule has 1 aliphatic rings. The van der Waals surface area contributed by atoms with Gasteiger partial charge in [0, 0.05) is 0 Å². The molecule has 1 heterocycles. The summed E-state index contributed by atoms with van der Waals surface area (Å²) in [5.74, 6) is -0.626. The van der Waals surface area contributed by atoms with Gasteiger partial charge in [0.15, 0.2) is 6.29 Å². The van der Waals surface area contributed by atoms with E-state index in [1.165, 1.54) is 186 Å². The average molecular weight is 936 g/mol. The zero-order valence-electron chi connectivity index (χ0n) is 42.6. The van der Waals surface area contributed by atoms with Crippen molar-refractivity contribution in [3.05, 3.63) is 36.5 Å². The molecule has 1 aliphatic heterocycles. The monoisotopic (exact) mass is 936 g/mol. The van der Waals surface area contributed by atoms with Gasteiger partial charge in [0.05, 0.1) is 25.4 Å². The fourth-order valence-electron chi connectivity index (χ4n) is 8.76. The van der Waals surface area contributed by atoms with Gasteiger partial charge in [-0.15, -0.1) is 0 Å². The molecular weight excluding hydrogens is 831 g/mol. The van der Waals surface area contributed by atoms with Crippen LogP contribution in [0.15, 0.2) is 36.5 Å². The standard InChI is InChI=1S/C56H105NO9/c1-3-5-7-9-11-13-15-17-19-20-21-22-23-24-25-26-27-28-29-31-33-35-37-39-41-43-45-50(60)55(64)57-48(47-65-56-54(63)53(62)52(61)51(46-58)66-56)49(59)44-42-40-38-36-34-32-30-18-16-14-12-10-8-6-4-2/h24-25,34,36,42,44,48-54,56,58-63H,3-23,26-33,35,37-41,43,45-47H2,1-2H3,(H,57,64)/b25-24-,36-34+,44-42+. The second kappa shape index (κ2) is 45.8. The molecule has 0 aromatic carbocycles. The molecule has 0 aromatic rings. The Balaban J connectivity index is 2.27.